The summed E-state index contributed by atoms with van der Waals surface area (Å²) in [6.07, 6.45) is -0.969. The number of likely N-dealkylation sites (N-methyl/N-ethyl adjacent to an activating group) is 1. The van der Waals surface area contributed by atoms with E-state index in [1.54, 1.807) is 11.8 Å². The molecular weight excluding hydrogens is 382 g/mol. The fourth-order valence-corrected chi connectivity index (χ4v) is 2.96. The van der Waals surface area contributed by atoms with Gasteiger partial charge < -0.3 is 19.1 Å². The predicted octanol–water partition coefficient (Wildman–Crippen LogP) is 4.35. The number of carbonyl (C=O) groups excluding carboxylic acids is 2. The second-order valence-corrected chi connectivity index (χ2v) is 6.30. The van der Waals surface area contributed by atoms with E-state index in [0.717, 1.165) is 5.69 Å². The maximum absolute atomic E-state index is 12.7. The van der Waals surface area contributed by atoms with Gasteiger partial charge in [-0.3, -0.25) is 4.79 Å². The van der Waals surface area contributed by atoms with E-state index < -0.39 is 12.1 Å². The van der Waals surface area contributed by atoms with Crippen molar-refractivity contribution in [1.29, 1.82) is 0 Å². The Kier molecular flexibility index (Phi) is 7.70. The quantitative estimate of drug-likeness (QED) is 0.611. The van der Waals surface area contributed by atoms with Gasteiger partial charge in [-0.25, -0.2) is 4.79 Å². The number of hydrogen-bond acceptors (Lipinski definition) is 5. The van der Waals surface area contributed by atoms with Gasteiger partial charge in [0.25, 0.3) is 5.91 Å². The molecule has 0 aliphatic heterocycles. The van der Waals surface area contributed by atoms with Crippen molar-refractivity contribution in [3.05, 3.63) is 53.1 Å². The standard InChI is InChI=1S/C21H24ClNO5/c1-5-23(16-10-8-7-9-11-16)20(24)14(3)28-21(25)15-12-17(22)19(27-6-2)18(13-15)26-4/h7-14H,5-6H2,1-4H3/t14-/m1/s1. The van der Waals surface area contributed by atoms with E-state index in [-0.39, 0.29) is 16.5 Å². The Labute approximate surface area is 169 Å². The van der Waals surface area contributed by atoms with Crippen LogP contribution in [0.25, 0.3) is 0 Å². The lowest BCUT2D eigenvalue weighted by molar-refractivity contribution is -0.126. The van der Waals surface area contributed by atoms with Gasteiger partial charge in [0.15, 0.2) is 17.6 Å². The van der Waals surface area contributed by atoms with Gasteiger partial charge in [-0.2, -0.15) is 0 Å². The Hall–Kier alpha value is -2.73. The first kappa shape index (κ1) is 21.6. The number of para-hydroxylation sites is 1. The Morgan fingerprint density at radius 3 is 2.39 bits per heavy atom. The van der Waals surface area contributed by atoms with Crippen LogP contribution in [0, 0.1) is 0 Å². The fourth-order valence-electron chi connectivity index (χ4n) is 2.69. The molecule has 2 aromatic rings. The summed E-state index contributed by atoms with van der Waals surface area (Å²) in [5.74, 6) is -0.312. The molecule has 28 heavy (non-hydrogen) atoms. The normalized spacial score (nSPS) is 11.5. The summed E-state index contributed by atoms with van der Waals surface area (Å²) >= 11 is 6.20. The van der Waals surface area contributed by atoms with Crippen molar-refractivity contribution in [2.75, 3.05) is 25.2 Å². The van der Waals surface area contributed by atoms with Gasteiger partial charge in [-0.15, -0.1) is 0 Å². The van der Waals surface area contributed by atoms with Crippen molar-refractivity contribution in [3.8, 4) is 11.5 Å². The molecule has 150 valence electrons. The first-order valence-electron chi connectivity index (χ1n) is 9.00. The third-order valence-electron chi connectivity index (χ3n) is 4.04. The first-order chi connectivity index (χ1) is 13.4. The number of ether oxygens (including phenoxy) is 3. The smallest absolute Gasteiger partial charge is 0.339 e. The van der Waals surface area contributed by atoms with E-state index in [9.17, 15) is 9.59 Å². The van der Waals surface area contributed by atoms with Crippen LogP contribution in [0.4, 0.5) is 5.69 Å². The van der Waals surface area contributed by atoms with Gasteiger partial charge in [0.1, 0.15) is 0 Å². The minimum absolute atomic E-state index is 0.174. The number of amides is 1. The van der Waals surface area contributed by atoms with E-state index >= 15 is 0 Å². The molecule has 0 N–H and O–H groups in total. The van der Waals surface area contributed by atoms with Gasteiger partial charge in [0, 0.05) is 12.2 Å². The molecule has 6 nitrogen and oxygen atoms in total. The molecule has 2 rings (SSSR count). The van der Waals surface area contributed by atoms with Crippen LogP contribution in [0.5, 0.6) is 11.5 Å². The fraction of sp³-hybridized carbons (Fsp3) is 0.333. The highest BCUT2D eigenvalue weighted by molar-refractivity contribution is 6.32. The lowest BCUT2D eigenvalue weighted by Crippen LogP contribution is -2.40. The maximum atomic E-state index is 12.7. The Morgan fingerprint density at radius 1 is 1.14 bits per heavy atom. The van der Waals surface area contributed by atoms with Crippen LogP contribution in [0.1, 0.15) is 31.1 Å². The maximum Gasteiger partial charge on any atom is 0.339 e. The number of hydrogen-bond donors (Lipinski definition) is 0. The average Bonchev–Trinajstić information content (AvgIpc) is 2.70. The molecule has 0 fully saturated rings. The summed E-state index contributed by atoms with van der Waals surface area (Å²) < 4.78 is 16.1. The number of esters is 1. The third kappa shape index (κ3) is 4.95. The van der Waals surface area contributed by atoms with Crippen LogP contribution in [0.15, 0.2) is 42.5 Å². The molecule has 0 radical (unpaired) electrons. The Balaban J connectivity index is 2.17. The summed E-state index contributed by atoms with van der Waals surface area (Å²) in [5.41, 5.74) is 0.913. The van der Waals surface area contributed by atoms with Crippen LogP contribution in [-0.4, -0.2) is 38.2 Å². The van der Waals surface area contributed by atoms with E-state index in [1.165, 1.54) is 19.2 Å². The minimum atomic E-state index is -0.969. The van der Waals surface area contributed by atoms with E-state index in [4.69, 9.17) is 25.8 Å². The van der Waals surface area contributed by atoms with Crippen molar-refractivity contribution in [3.63, 3.8) is 0 Å². The van der Waals surface area contributed by atoms with E-state index in [2.05, 4.69) is 0 Å². The molecule has 2 aromatic carbocycles. The molecule has 1 atom stereocenters. The predicted molar refractivity (Wildman–Crippen MR) is 109 cm³/mol. The molecule has 0 aliphatic rings. The largest absolute Gasteiger partial charge is 0.493 e. The lowest BCUT2D eigenvalue weighted by Gasteiger charge is -2.24. The van der Waals surface area contributed by atoms with Crippen LogP contribution >= 0.6 is 11.6 Å². The van der Waals surface area contributed by atoms with Crippen molar-refractivity contribution < 1.29 is 23.8 Å². The van der Waals surface area contributed by atoms with Gasteiger partial charge in [-0.1, -0.05) is 29.8 Å². The first-order valence-corrected chi connectivity index (χ1v) is 9.38. The highest BCUT2D eigenvalue weighted by atomic mass is 35.5. The number of benzene rings is 2. The number of nitrogens with zero attached hydrogens (tertiary/aromatic N) is 1. The average molecular weight is 406 g/mol. The van der Waals surface area contributed by atoms with E-state index in [1.807, 2.05) is 44.2 Å². The Morgan fingerprint density at radius 2 is 1.82 bits per heavy atom. The number of anilines is 1. The molecule has 1 amide bonds. The number of methoxy groups -OCH3 is 1. The van der Waals surface area contributed by atoms with Crippen LogP contribution in [-0.2, 0) is 9.53 Å². The highest BCUT2D eigenvalue weighted by Gasteiger charge is 2.25. The number of halogens is 1. The second kappa shape index (κ2) is 9.99. The number of rotatable bonds is 8. The second-order valence-electron chi connectivity index (χ2n) is 5.89. The van der Waals surface area contributed by atoms with Gasteiger partial charge in [0.2, 0.25) is 0 Å². The van der Waals surface area contributed by atoms with E-state index in [0.29, 0.717) is 24.7 Å². The van der Waals surface area contributed by atoms with Gasteiger partial charge in [-0.05, 0) is 45.0 Å². The molecular formula is C21H24ClNO5. The van der Waals surface area contributed by atoms with Crippen molar-refractivity contribution in [2.45, 2.75) is 26.9 Å². The zero-order valence-corrected chi connectivity index (χ0v) is 17.2. The molecule has 0 spiro atoms. The molecule has 0 heterocycles. The molecule has 0 aliphatic carbocycles. The summed E-state index contributed by atoms with van der Waals surface area (Å²) in [6, 6.07) is 12.1. The van der Waals surface area contributed by atoms with Gasteiger partial charge >= 0.3 is 5.97 Å². The SMILES string of the molecule is CCOc1c(Cl)cc(C(=O)O[C@H](C)C(=O)N(CC)c2ccccc2)cc1OC. The summed E-state index contributed by atoms with van der Waals surface area (Å²) in [7, 11) is 1.45. The van der Waals surface area contributed by atoms with Crippen molar-refractivity contribution >= 4 is 29.2 Å². The summed E-state index contributed by atoms with van der Waals surface area (Å²) in [4.78, 5) is 26.9. The van der Waals surface area contributed by atoms with Crippen molar-refractivity contribution in [2.24, 2.45) is 0 Å². The zero-order valence-electron chi connectivity index (χ0n) is 16.4. The minimum Gasteiger partial charge on any atom is -0.493 e. The molecule has 0 unspecified atom stereocenters. The lowest BCUT2D eigenvalue weighted by atomic mass is 10.2. The molecule has 0 saturated carbocycles. The highest BCUT2D eigenvalue weighted by Crippen LogP contribution is 2.36. The third-order valence-corrected chi connectivity index (χ3v) is 4.32. The molecule has 7 heteroatoms. The molecule has 0 saturated heterocycles. The van der Waals surface area contributed by atoms with Crippen LogP contribution in [0.2, 0.25) is 5.02 Å². The zero-order chi connectivity index (χ0) is 20.7. The van der Waals surface area contributed by atoms with Gasteiger partial charge in [0.05, 0.1) is 24.3 Å². The number of carbonyl (C=O) groups is 2. The molecule has 0 bridgehead atoms. The van der Waals surface area contributed by atoms with Crippen molar-refractivity contribution in [1.82, 2.24) is 0 Å². The monoisotopic (exact) mass is 405 g/mol. The topological polar surface area (TPSA) is 65.1 Å². The summed E-state index contributed by atoms with van der Waals surface area (Å²) in [6.45, 7) is 6.07. The summed E-state index contributed by atoms with van der Waals surface area (Å²) in [5, 5.41) is 0.228. The van der Waals surface area contributed by atoms with Crippen LogP contribution < -0.4 is 14.4 Å². The molecule has 0 aromatic heterocycles. The Bertz CT molecular complexity index is 825. The van der Waals surface area contributed by atoms with Crippen LogP contribution in [0.3, 0.4) is 0 Å².